The first-order valence-corrected chi connectivity index (χ1v) is 32.2. The van der Waals surface area contributed by atoms with E-state index in [-0.39, 0.29) is 67.3 Å². The fourth-order valence-corrected chi connectivity index (χ4v) is 13.7. The van der Waals surface area contributed by atoms with Gasteiger partial charge < -0.3 is 18.9 Å². The van der Waals surface area contributed by atoms with Crippen molar-refractivity contribution in [3.05, 3.63) is 149 Å². The summed E-state index contributed by atoms with van der Waals surface area (Å²) in [5.41, 5.74) is 5.10. The molecule has 432 valence electrons. The van der Waals surface area contributed by atoms with E-state index in [2.05, 4.69) is 84.2 Å². The molecule has 0 atom stereocenters. The lowest BCUT2D eigenvalue weighted by molar-refractivity contribution is 0.303. The van der Waals surface area contributed by atoms with Crippen molar-refractivity contribution < 1.29 is 24.4 Å². The summed E-state index contributed by atoms with van der Waals surface area (Å²) >= 11 is 13.5. The van der Waals surface area contributed by atoms with E-state index in [9.17, 15) is 19.2 Å². The van der Waals surface area contributed by atoms with Crippen LogP contribution in [-0.4, -0.2) is 99.1 Å². The maximum absolute atomic E-state index is 12.1. The predicted octanol–water partition coefficient (Wildman–Crippen LogP) is 6.60. The van der Waals surface area contributed by atoms with Gasteiger partial charge in [-0.05, 0) is 96.4 Å². The minimum atomic E-state index is -0.312. The van der Waals surface area contributed by atoms with Gasteiger partial charge in [-0.2, -0.15) is 37.5 Å². The zero-order valence-electron chi connectivity index (χ0n) is 48.0. The van der Waals surface area contributed by atoms with Gasteiger partial charge in [-0.3, -0.25) is 0 Å². The Morgan fingerprint density at radius 1 is 0.482 bits per heavy atom. The third-order valence-corrected chi connectivity index (χ3v) is 19.7. The van der Waals surface area contributed by atoms with E-state index in [0.29, 0.717) is 50.4 Å². The quantitative estimate of drug-likeness (QED) is 0.0816. The Kier molecular flexibility index (Phi) is 17.5. The summed E-state index contributed by atoms with van der Waals surface area (Å²) < 4.78 is 62.9. The van der Waals surface area contributed by atoms with Crippen molar-refractivity contribution in [3.63, 3.8) is 0 Å². The lowest BCUT2D eigenvalue weighted by Crippen LogP contribution is -2.22. The molecule has 28 nitrogen and oxygen atoms in total. The van der Waals surface area contributed by atoms with E-state index >= 15 is 0 Å². The van der Waals surface area contributed by atoms with Crippen LogP contribution >= 0.6 is 113 Å². The highest BCUT2D eigenvalue weighted by Gasteiger charge is 2.31. The average Bonchev–Trinajstić information content (AvgIpc) is 2.34. The van der Waals surface area contributed by atoms with E-state index in [1.54, 1.807) is 72.4 Å². The van der Waals surface area contributed by atoms with Gasteiger partial charge in [-0.15, -0.1) is 45.3 Å². The van der Waals surface area contributed by atoms with Gasteiger partial charge >= 0.3 is 22.8 Å². The SMILES string of the molecule is [3H]c1csc(OCc2c(-n3nnn(C)c3=O)csc2C)n1.[3H]c1csc(OCc2c(-n3nnn(C)c3=O)csc2C2CC2)n1.[3H]c1csc(OCc2c(-n3nnn(C)c3=O)csc2CC)n1.[3H]c1csc(OCc2c(-n3nnn(C)c3=O)csc2I)n1. The van der Waals surface area contributed by atoms with Crippen LogP contribution in [0.1, 0.15) is 68.1 Å². The van der Waals surface area contributed by atoms with Crippen LogP contribution in [0.15, 0.2) is 86.9 Å². The normalized spacial score (nSPS) is 12.5. The molecule has 0 radical (unpaired) electrons. The highest BCUT2D eigenvalue weighted by Crippen LogP contribution is 2.46. The molecular weight excluding hydrogens is 1340 g/mol. The van der Waals surface area contributed by atoms with E-state index in [1.165, 1.54) is 110 Å². The molecule has 12 aromatic rings. The number of rotatable bonds is 18. The van der Waals surface area contributed by atoms with E-state index in [1.807, 2.05) is 35.4 Å². The second-order valence-corrected chi connectivity index (χ2v) is 25.9. The molecule has 0 spiro atoms. The molecule has 0 amide bonds. The summed E-state index contributed by atoms with van der Waals surface area (Å²) in [5.74, 6) is 0.544. The number of aryl methyl sites for hydroxylation is 6. The number of thiophene rings is 4. The van der Waals surface area contributed by atoms with Crippen LogP contribution in [0.3, 0.4) is 0 Å². The van der Waals surface area contributed by atoms with Gasteiger partial charge in [0.25, 0.3) is 20.8 Å². The number of thiazole rings is 4. The van der Waals surface area contributed by atoms with Crippen molar-refractivity contribution in [2.24, 2.45) is 28.2 Å². The van der Waals surface area contributed by atoms with E-state index in [0.717, 1.165) is 59.8 Å². The number of tetrazole rings is 4. The zero-order valence-corrected chi connectivity index (χ0v) is 52.7. The molecule has 1 saturated carbocycles. The largest absolute Gasteiger partial charge is 0.465 e. The summed E-state index contributed by atoms with van der Waals surface area (Å²) in [6.45, 7) is 5.10. The summed E-state index contributed by atoms with van der Waals surface area (Å²) in [4.78, 5) is 67.2. The number of nitrogens with zero attached hydrogens (tertiary/aromatic N) is 20. The number of ether oxygens (including phenoxy) is 4. The first kappa shape index (κ1) is 53.7. The van der Waals surface area contributed by atoms with E-state index < -0.39 is 0 Å². The van der Waals surface area contributed by atoms with Crippen LogP contribution in [0.2, 0.25) is 0 Å². The molecule has 0 N–H and O–H groups in total. The third kappa shape index (κ3) is 13.7. The monoisotopic (exact) mass is 1400 g/mol. The summed E-state index contributed by atoms with van der Waals surface area (Å²) in [5, 5.41) is 46.1. The number of hydrogen-bond donors (Lipinski definition) is 0. The van der Waals surface area contributed by atoms with Crippen molar-refractivity contribution in [1.29, 1.82) is 0 Å². The minimum absolute atomic E-state index is 0.181. The molecule has 83 heavy (non-hydrogen) atoms. The van der Waals surface area contributed by atoms with E-state index in [4.69, 9.17) is 24.4 Å². The molecule has 12 aromatic heterocycles. The topological polar surface area (TPSA) is 299 Å². The van der Waals surface area contributed by atoms with Gasteiger partial charge in [-0.1, -0.05) is 52.3 Å². The molecule has 12 heterocycles. The smallest absolute Gasteiger partial charge is 0.368 e. The van der Waals surface area contributed by atoms with Gasteiger partial charge in [0.1, 0.15) is 26.4 Å². The number of aromatic nitrogens is 20. The molecular formula is C46H45IN20O8S8. The standard InChI is InChI=1S/C13H13N5O2S2.C12H13N5O2S2.C11H11N5O2S2.C10H8IN5O2S2/c1-17-13(19)18(16-15-17)10-7-22-11(8-2-3-8)9(10)6-20-12-14-4-5-21-12;1-3-10-8(6-19-11-13-4-5-20-11)9(7-21-10)17-12(18)16(2)14-15-17;1-7-8(5-18-10-12-3-4-19-10)9(6-20-7)16-11(17)15(2)13-14-16;1-15-10(17)16(14-13-15)7-5-20-8(11)6(7)4-18-9-12-2-3-19-9/h4-5,7-8H,2-3,6H2,1H3;4-5,7H,3,6H2,1-2H3;3-4,6H,5H2,1-2H3;2-3,5H,4H2,1H3/i2*4T;3T;2T. The summed E-state index contributed by atoms with van der Waals surface area (Å²) in [6, 6.07) is 0. The van der Waals surface area contributed by atoms with Gasteiger partial charge in [0.15, 0.2) is 0 Å². The Balaban J connectivity index is 0.000000129. The highest BCUT2D eigenvalue weighted by molar-refractivity contribution is 14.1. The van der Waals surface area contributed by atoms with Crippen LogP contribution in [0.25, 0.3) is 22.7 Å². The van der Waals surface area contributed by atoms with Crippen LogP contribution in [-0.2, 0) is 61.0 Å². The molecule has 0 aromatic carbocycles. The molecule has 13 rings (SSSR count). The van der Waals surface area contributed by atoms with Crippen LogP contribution in [0, 0.1) is 9.81 Å². The minimum Gasteiger partial charge on any atom is -0.465 e. The van der Waals surface area contributed by atoms with Crippen molar-refractivity contribution in [3.8, 4) is 43.5 Å². The van der Waals surface area contributed by atoms with Crippen molar-refractivity contribution >= 4 is 113 Å². The summed E-state index contributed by atoms with van der Waals surface area (Å²) in [7, 11) is 6.22. The Morgan fingerprint density at radius 2 is 0.831 bits per heavy atom. The molecule has 1 aliphatic carbocycles. The Morgan fingerprint density at radius 3 is 1.22 bits per heavy atom. The van der Waals surface area contributed by atoms with Gasteiger partial charge in [0.05, 0.1) is 31.1 Å². The van der Waals surface area contributed by atoms with Crippen molar-refractivity contribution in [2.75, 3.05) is 0 Å². The molecule has 1 aliphatic rings. The second kappa shape index (κ2) is 27.0. The molecule has 37 heteroatoms. The van der Waals surface area contributed by atoms with Crippen LogP contribution in [0.5, 0.6) is 20.8 Å². The van der Waals surface area contributed by atoms with Crippen molar-refractivity contribution in [1.82, 2.24) is 99.1 Å². The fraction of sp³-hybridized carbons (Fsp3) is 0.304. The first-order chi connectivity index (χ1) is 41.8. The molecule has 0 unspecified atom stereocenters. The third-order valence-electron chi connectivity index (χ3n) is 11.7. The maximum atomic E-state index is 12.1. The Bertz CT molecular complexity index is 4430. The zero-order chi connectivity index (χ0) is 61.6. The molecule has 1 fully saturated rings. The second-order valence-electron chi connectivity index (χ2n) is 17.0. The Labute approximate surface area is 519 Å². The van der Waals surface area contributed by atoms with Crippen molar-refractivity contribution in [2.45, 2.75) is 65.5 Å². The van der Waals surface area contributed by atoms with Crippen LogP contribution in [0.4, 0.5) is 0 Å². The fourth-order valence-electron chi connectivity index (χ4n) is 7.31. The summed E-state index contributed by atoms with van der Waals surface area (Å²) in [6.07, 6.45) is 3.91. The molecule has 0 aliphatic heterocycles. The first-order valence-electron chi connectivity index (χ1n) is 26.0. The van der Waals surface area contributed by atoms with Gasteiger partial charge in [0.2, 0.25) is 0 Å². The number of hydrogen-bond acceptors (Lipinski definition) is 28. The molecule has 0 bridgehead atoms. The molecule has 0 saturated heterocycles. The Hall–Kier alpha value is -7.27. The highest BCUT2D eigenvalue weighted by atomic mass is 127. The maximum Gasteiger partial charge on any atom is 0.368 e. The van der Waals surface area contributed by atoms with Gasteiger partial charge in [-0.25, -0.2) is 39.1 Å². The lowest BCUT2D eigenvalue weighted by Gasteiger charge is -2.06. The number of halogens is 1. The lowest BCUT2D eigenvalue weighted by atomic mass is 10.2. The van der Waals surface area contributed by atoms with Crippen LogP contribution < -0.4 is 41.7 Å². The van der Waals surface area contributed by atoms with Gasteiger partial charge in [0, 0.05) is 133 Å². The predicted molar refractivity (Wildman–Crippen MR) is 322 cm³/mol. The average molecular weight is 1400 g/mol.